The van der Waals surface area contributed by atoms with E-state index in [1.165, 1.54) is 12.8 Å². The number of hydrogen-bond acceptors (Lipinski definition) is 6. The second-order valence-electron chi connectivity index (χ2n) is 7.54. The van der Waals surface area contributed by atoms with Crippen molar-refractivity contribution in [2.24, 2.45) is 0 Å². The Morgan fingerprint density at radius 1 is 0.903 bits per heavy atom. The molecular formula is C24H22N6O. The van der Waals surface area contributed by atoms with Gasteiger partial charge in [0.25, 0.3) is 5.91 Å². The molecule has 0 saturated carbocycles. The SMILES string of the molecule is O=C(Nc1ccc(Nc2cc(N3CCCC3)cnn2)cc1)c1ccc2ccccc2n1. The number of nitrogens with one attached hydrogen (secondary N) is 2. The van der Waals surface area contributed by atoms with Crippen LogP contribution in [0.15, 0.2) is 72.9 Å². The van der Waals surface area contributed by atoms with Crippen LogP contribution in [0.2, 0.25) is 0 Å². The molecule has 1 saturated heterocycles. The molecule has 0 spiro atoms. The molecule has 2 aromatic heterocycles. The van der Waals surface area contributed by atoms with Crippen LogP contribution in [0.1, 0.15) is 23.3 Å². The Hall–Kier alpha value is -4.00. The van der Waals surface area contributed by atoms with Crippen molar-refractivity contribution in [1.29, 1.82) is 0 Å². The third-order valence-electron chi connectivity index (χ3n) is 5.36. The summed E-state index contributed by atoms with van der Waals surface area (Å²) in [5.74, 6) is 0.456. The first-order valence-electron chi connectivity index (χ1n) is 10.4. The summed E-state index contributed by atoms with van der Waals surface area (Å²) in [5.41, 5.74) is 3.83. The normalized spacial score (nSPS) is 13.4. The summed E-state index contributed by atoms with van der Waals surface area (Å²) >= 11 is 0. The zero-order chi connectivity index (χ0) is 21.0. The summed E-state index contributed by atoms with van der Waals surface area (Å²) < 4.78 is 0. The van der Waals surface area contributed by atoms with Crippen LogP contribution in [-0.4, -0.2) is 34.2 Å². The number of carbonyl (C=O) groups is 1. The molecule has 2 aromatic carbocycles. The van der Waals surface area contributed by atoms with Crippen molar-refractivity contribution in [3.8, 4) is 0 Å². The molecule has 1 fully saturated rings. The fourth-order valence-corrected chi connectivity index (χ4v) is 3.74. The van der Waals surface area contributed by atoms with Gasteiger partial charge in [0.2, 0.25) is 0 Å². The lowest BCUT2D eigenvalue weighted by Crippen LogP contribution is -2.18. The van der Waals surface area contributed by atoms with Gasteiger partial charge in [0, 0.05) is 35.9 Å². The maximum atomic E-state index is 12.6. The molecule has 0 radical (unpaired) electrons. The van der Waals surface area contributed by atoms with Crippen molar-refractivity contribution in [2.45, 2.75) is 12.8 Å². The van der Waals surface area contributed by atoms with Crippen LogP contribution in [0, 0.1) is 0 Å². The Balaban J connectivity index is 1.25. The van der Waals surface area contributed by atoms with Gasteiger partial charge in [-0.25, -0.2) is 4.98 Å². The Bertz CT molecular complexity index is 1220. The Kier molecular flexibility index (Phi) is 5.14. The van der Waals surface area contributed by atoms with Crippen molar-refractivity contribution in [2.75, 3.05) is 28.6 Å². The first kappa shape index (κ1) is 19.0. The van der Waals surface area contributed by atoms with Gasteiger partial charge in [0.15, 0.2) is 5.82 Å². The van der Waals surface area contributed by atoms with Gasteiger partial charge in [0.05, 0.1) is 17.4 Å². The van der Waals surface area contributed by atoms with E-state index in [1.54, 1.807) is 12.3 Å². The second kappa shape index (κ2) is 8.39. The number of rotatable bonds is 5. The number of carbonyl (C=O) groups excluding carboxylic acids is 1. The van der Waals surface area contributed by atoms with Crippen LogP contribution in [0.25, 0.3) is 10.9 Å². The maximum absolute atomic E-state index is 12.6. The van der Waals surface area contributed by atoms with E-state index in [9.17, 15) is 4.79 Å². The van der Waals surface area contributed by atoms with Gasteiger partial charge in [-0.1, -0.05) is 24.3 Å². The lowest BCUT2D eigenvalue weighted by molar-refractivity contribution is 0.102. The number of fused-ring (bicyclic) bond motifs is 1. The predicted molar refractivity (Wildman–Crippen MR) is 123 cm³/mol. The lowest BCUT2D eigenvalue weighted by Gasteiger charge is -2.17. The average molecular weight is 410 g/mol. The molecule has 0 bridgehead atoms. The predicted octanol–water partition coefficient (Wildman–Crippen LogP) is 4.62. The monoisotopic (exact) mass is 410 g/mol. The summed E-state index contributed by atoms with van der Waals surface area (Å²) in [6, 6.07) is 20.9. The highest BCUT2D eigenvalue weighted by Crippen LogP contribution is 2.23. The van der Waals surface area contributed by atoms with Crippen molar-refractivity contribution in [3.63, 3.8) is 0 Å². The summed E-state index contributed by atoms with van der Waals surface area (Å²) in [4.78, 5) is 19.3. The average Bonchev–Trinajstić information content (AvgIpc) is 3.35. The minimum absolute atomic E-state index is 0.240. The quantitative estimate of drug-likeness (QED) is 0.499. The van der Waals surface area contributed by atoms with E-state index in [0.29, 0.717) is 17.2 Å². The Morgan fingerprint density at radius 2 is 1.68 bits per heavy atom. The molecule has 7 heteroatoms. The number of amides is 1. The third kappa shape index (κ3) is 4.30. The first-order valence-corrected chi connectivity index (χ1v) is 10.4. The van der Waals surface area contributed by atoms with E-state index in [2.05, 4.69) is 30.7 Å². The Morgan fingerprint density at radius 3 is 2.52 bits per heavy atom. The molecule has 154 valence electrons. The molecule has 0 unspecified atom stereocenters. The maximum Gasteiger partial charge on any atom is 0.274 e. The summed E-state index contributed by atoms with van der Waals surface area (Å²) in [5, 5.41) is 15.5. The van der Waals surface area contributed by atoms with Crippen molar-refractivity contribution < 1.29 is 4.79 Å². The number of pyridine rings is 1. The topological polar surface area (TPSA) is 83.0 Å². The van der Waals surface area contributed by atoms with Crippen molar-refractivity contribution >= 4 is 39.7 Å². The molecule has 31 heavy (non-hydrogen) atoms. The molecule has 1 aliphatic heterocycles. The van der Waals surface area contributed by atoms with Crippen LogP contribution < -0.4 is 15.5 Å². The van der Waals surface area contributed by atoms with Crippen molar-refractivity contribution in [1.82, 2.24) is 15.2 Å². The van der Waals surface area contributed by atoms with Crippen LogP contribution >= 0.6 is 0 Å². The van der Waals surface area contributed by atoms with Gasteiger partial charge in [-0.2, -0.15) is 5.10 Å². The standard InChI is InChI=1S/C24H22N6O/c31-24(22-12-7-17-5-1-2-6-21(17)28-22)27-19-10-8-18(9-11-19)26-23-15-20(16-25-29-23)30-13-3-4-14-30/h1-2,5-12,15-16H,3-4,13-14H2,(H,26,29)(H,27,31). The number of nitrogens with zero attached hydrogens (tertiary/aromatic N) is 4. The van der Waals surface area contributed by atoms with Crippen LogP contribution in [0.5, 0.6) is 0 Å². The van der Waals surface area contributed by atoms with Crippen molar-refractivity contribution in [3.05, 3.63) is 78.6 Å². The highest BCUT2D eigenvalue weighted by Gasteiger charge is 2.13. The third-order valence-corrected chi connectivity index (χ3v) is 5.36. The fourth-order valence-electron chi connectivity index (χ4n) is 3.74. The molecule has 0 aliphatic carbocycles. The van der Waals surface area contributed by atoms with Gasteiger partial charge in [0.1, 0.15) is 5.69 Å². The second-order valence-corrected chi connectivity index (χ2v) is 7.54. The van der Waals surface area contributed by atoms with Gasteiger partial charge in [-0.3, -0.25) is 4.79 Å². The summed E-state index contributed by atoms with van der Waals surface area (Å²) in [6.07, 6.45) is 4.23. The molecular weight excluding hydrogens is 388 g/mol. The molecule has 1 aliphatic rings. The minimum atomic E-state index is -0.240. The number of aromatic nitrogens is 3. The van der Waals surface area contributed by atoms with Gasteiger partial charge in [-0.05, 0) is 49.2 Å². The molecule has 4 aromatic rings. The fraction of sp³-hybridized carbons (Fsp3) is 0.167. The zero-order valence-corrected chi connectivity index (χ0v) is 17.0. The largest absolute Gasteiger partial charge is 0.370 e. The zero-order valence-electron chi connectivity index (χ0n) is 17.0. The minimum Gasteiger partial charge on any atom is -0.370 e. The smallest absolute Gasteiger partial charge is 0.274 e. The molecule has 3 heterocycles. The van der Waals surface area contributed by atoms with Gasteiger partial charge >= 0.3 is 0 Å². The number of hydrogen-bond donors (Lipinski definition) is 2. The molecule has 7 nitrogen and oxygen atoms in total. The first-order chi connectivity index (χ1) is 15.2. The lowest BCUT2D eigenvalue weighted by atomic mass is 10.2. The van der Waals surface area contributed by atoms with E-state index in [0.717, 1.165) is 35.4 Å². The molecule has 5 rings (SSSR count). The molecule has 2 N–H and O–H groups in total. The van der Waals surface area contributed by atoms with Crippen LogP contribution in [-0.2, 0) is 0 Å². The van der Waals surface area contributed by atoms with E-state index < -0.39 is 0 Å². The number of para-hydroxylation sites is 1. The van der Waals surface area contributed by atoms with Gasteiger partial charge in [-0.15, -0.1) is 5.10 Å². The van der Waals surface area contributed by atoms with E-state index in [4.69, 9.17) is 0 Å². The highest BCUT2D eigenvalue weighted by atomic mass is 16.1. The van der Waals surface area contributed by atoms with E-state index in [1.807, 2.05) is 60.7 Å². The number of benzene rings is 2. The number of anilines is 4. The Labute approximate surface area is 180 Å². The van der Waals surface area contributed by atoms with E-state index >= 15 is 0 Å². The molecule has 0 atom stereocenters. The summed E-state index contributed by atoms with van der Waals surface area (Å²) in [7, 11) is 0. The summed E-state index contributed by atoms with van der Waals surface area (Å²) in [6.45, 7) is 2.12. The van der Waals surface area contributed by atoms with Crippen LogP contribution in [0.4, 0.5) is 22.9 Å². The van der Waals surface area contributed by atoms with Crippen LogP contribution in [0.3, 0.4) is 0 Å². The van der Waals surface area contributed by atoms with E-state index in [-0.39, 0.29) is 5.91 Å². The van der Waals surface area contributed by atoms with Gasteiger partial charge < -0.3 is 15.5 Å². The highest BCUT2D eigenvalue weighted by molar-refractivity contribution is 6.04. The molecule has 1 amide bonds.